The molecule has 3 nitrogen and oxygen atoms in total. The Hall–Kier alpha value is -1.61. The number of nitrogens with one attached hydrogen (secondary N) is 1. The van der Waals surface area contributed by atoms with Crippen molar-refractivity contribution in [1.82, 2.24) is 10.2 Å². The monoisotopic (exact) mass is 315 g/mol. The summed E-state index contributed by atoms with van der Waals surface area (Å²) in [5.74, 6) is 0. The van der Waals surface area contributed by atoms with E-state index in [1.165, 1.54) is 11.1 Å². The molecular formula is C20H33N3. The minimum atomic E-state index is 0.497. The fraction of sp³-hybridized carbons (Fsp3) is 0.550. The van der Waals surface area contributed by atoms with Crippen molar-refractivity contribution in [3.8, 4) is 0 Å². The van der Waals surface area contributed by atoms with Crippen molar-refractivity contribution < 1.29 is 0 Å². The molecule has 0 aromatic heterocycles. The van der Waals surface area contributed by atoms with Crippen molar-refractivity contribution in [2.24, 2.45) is 10.4 Å². The van der Waals surface area contributed by atoms with E-state index in [0.29, 0.717) is 5.41 Å². The van der Waals surface area contributed by atoms with Crippen molar-refractivity contribution in [2.45, 2.75) is 41.0 Å². The molecule has 0 bridgehead atoms. The van der Waals surface area contributed by atoms with Crippen LogP contribution in [0.2, 0.25) is 0 Å². The quantitative estimate of drug-likeness (QED) is 0.584. The van der Waals surface area contributed by atoms with Gasteiger partial charge >= 0.3 is 0 Å². The first-order valence-electron chi connectivity index (χ1n) is 8.67. The molecule has 2 aliphatic rings. The van der Waals surface area contributed by atoms with Crippen LogP contribution in [0.25, 0.3) is 0 Å². The number of nitrogens with zero attached hydrogens (tertiary/aromatic N) is 2. The predicted octanol–water partition coefficient (Wildman–Crippen LogP) is 4.32. The van der Waals surface area contributed by atoms with Gasteiger partial charge in [0, 0.05) is 31.6 Å². The molecule has 1 N–H and O–H groups in total. The highest BCUT2D eigenvalue weighted by Gasteiger charge is 2.48. The number of aliphatic imine (C=N–C) groups is 1. The van der Waals surface area contributed by atoms with Crippen molar-refractivity contribution in [3.63, 3.8) is 0 Å². The van der Waals surface area contributed by atoms with Crippen LogP contribution >= 0.6 is 0 Å². The first-order chi connectivity index (χ1) is 11.0. The van der Waals surface area contributed by atoms with Gasteiger partial charge in [0.15, 0.2) is 0 Å². The maximum absolute atomic E-state index is 4.26. The van der Waals surface area contributed by atoms with Crippen LogP contribution < -0.4 is 5.32 Å². The van der Waals surface area contributed by atoms with Gasteiger partial charge in [0.25, 0.3) is 0 Å². The van der Waals surface area contributed by atoms with Gasteiger partial charge in [-0.25, -0.2) is 0 Å². The van der Waals surface area contributed by atoms with Crippen molar-refractivity contribution in [3.05, 3.63) is 47.3 Å². The molecule has 0 aromatic rings. The molecule has 1 spiro atoms. The van der Waals surface area contributed by atoms with Crippen LogP contribution in [0.1, 0.15) is 41.0 Å². The third-order valence-electron chi connectivity index (χ3n) is 4.57. The maximum atomic E-state index is 4.26. The van der Waals surface area contributed by atoms with Gasteiger partial charge in [-0.3, -0.25) is 4.99 Å². The predicted molar refractivity (Wildman–Crippen MR) is 103 cm³/mol. The van der Waals surface area contributed by atoms with E-state index in [1.807, 2.05) is 20.0 Å². The Bertz CT molecular complexity index is 511. The third-order valence-corrected chi connectivity index (χ3v) is 4.57. The van der Waals surface area contributed by atoms with E-state index in [2.05, 4.69) is 61.4 Å². The second kappa shape index (κ2) is 8.88. The number of allylic oxidation sites excluding steroid dienone is 4. The number of rotatable bonds is 6. The molecule has 0 radical (unpaired) electrons. The summed E-state index contributed by atoms with van der Waals surface area (Å²) in [6.45, 7) is 22.8. The van der Waals surface area contributed by atoms with Gasteiger partial charge in [-0.2, -0.15) is 0 Å². The lowest BCUT2D eigenvalue weighted by Gasteiger charge is -2.57. The van der Waals surface area contributed by atoms with E-state index in [0.717, 1.165) is 43.9 Å². The van der Waals surface area contributed by atoms with Crippen LogP contribution in [0.4, 0.5) is 0 Å². The van der Waals surface area contributed by atoms with E-state index in [4.69, 9.17) is 0 Å². The summed E-state index contributed by atoms with van der Waals surface area (Å²) in [5, 5.41) is 3.36. The summed E-state index contributed by atoms with van der Waals surface area (Å²) < 4.78 is 0. The first kappa shape index (κ1) is 19.4. The zero-order valence-corrected chi connectivity index (χ0v) is 15.6. The molecule has 0 aliphatic carbocycles. The molecule has 2 rings (SSSR count). The summed E-state index contributed by atoms with van der Waals surface area (Å²) in [4.78, 5) is 6.34. The Morgan fingerprint density at radius 2 is 1.83 bits per heavy atom. The van der Waals surface area contributed by atoms with Gasteiger partial charge in [-0.15, -0.1) is 0 Å². The smallest absolute Gasteiger partial charge is 0.0622 e. The Kier molecular flexibility index (Phi) is 7.50. The fourth-order valence-electron chi connectivity index (χ4n) is 2.76. The van der Waals surface area contributed by atoms with Gasteiger partial charge in [-0.1, -0.05) is 45.1 Å². The lowest BCUT2D eigenvalue weighted by Crippen LogP contribution is -2.70. The van der Waals surface area contributed by atoms with Gasteiger partial charge in [0.1, 0.15) is 0 Å². The van der Waals surface area contributed by atoms with Gasteiger partial charge in [-0.05, 0) is 38.1 Å². The highest BCUT2D eigenvalue weighted by molar-refractivity contribution is 5.46. The molecule has 2 fully saturated rings. The maximum Gasteiger partial charge on any atom is 0.0622 e. The van der Waals surface area contributed by atoms with Crippen LogP contribution in [-0.2, 0) is 0 Å². The topological polar surface area (TPSA) is 27.6 Å². The summed E-state index contributed by atoms with van der Waals surface area (Å²) in [6, 6.07) is 0. The van der Waals surface area contributed by atoms with Crippen molar-refractivity contribution in [2.75, 3.05) is 26.2 Å². The third kappa shape index (κ3) is 4.68. The van der Waals surface area contributed by atoms with Crippen LogP contribution in [0.3, 0.4) is 0 Å². The van der Waals surface area contributed by atoms with E-state index in [9.17, 15) is 0 Å². The Labute approximate surface area is 142 Å². The SMILES string of the molecule is C=N/C=C(\C(=C)/C(C)=C/C=C(\C)CC)N1CC2(CNC2)C1.CC. The number of hydrogen-bond donors (Lipinski definition) is 1. The van der Waals surface area contributed by atoms with E-state index < -0.39 is 0 Å². The minimum absolute atomic E-state index is 0.497. The molecule has 2 saturated heterocycles. The van der Waals surface area contributed by atoms with Gasteiger partial charge in [0.2, 0.25) is 0 Å². The molecule has 0 amide bonds. The summed E-state index contributed by atoms with van der Waals surface area (Å²) in [6.07, 6.45) is 7.25. The minimum Gasteiger partial charge on any atom is -0.368 e. The molecule has 2 aliphatic heterocycles. The van der Waals surface area contributed by atoms with Crippen molar-refractivity contribution >= 4 is 6.72 Å². The second-order valence-corrected chi connectivity index (χ2v) is 6.35. The fourth-order valence-corrected chi connectivity index (χ4v) is 2.76. The number of hydrogen-bond acceptors (Lipinski definition) is 3. The van der Waals surface area contributed by atoms with Crippen molar-refractivity contribution in [1.29, 1.82) is 0 Å². The molecule has 0 unspecified atom stereocenters. The normalized spacial score (nSPS) is 20.2. The standard InChI is InChI=1S/C18H27N3.C2H6/c1-6-14(2)7-8-15(3)16(4)17(9-19-5)21-12-18(13-21)10-20-11-18;1-2/h7-9,20H,4-6,10-13H2,1-3H3;1-2H3/b14-7+,15-8+,17-9+;. The number of likely N-dealkylation sites (tertiary alicyclic amines) is 1. The zero-order valence-electron chi connectivity index (χ0n) is 15.6. The average Bonchev–Trinajstić information content (AvgIpc) is 2.49. The summed E-state index contributed by atoms with van der Waals surface area (Å²) in [7, 11) is 0. The van der Waals surface area contributed by atoms with Crippen LogP contribution in [0.5, 0.6) is 0 Å². The Morgan fingerprint density at radius 3 is 2.26 bits per heavy atom. The van der Waals surface area contributed by atoms with Crippen LogP contribution in [-0.4, -0.2) is 37.8 Å². The van der Waals surface area contributed by atoms with Gasteiger partial charge < -0.3 is 10.2 Å². The largest absolute Gasteiger partial charge is 0.368 e. The van der Waals surface area contributed by atoms with E-state index in [-0.39, 0.29) is 0 Å². The molecule has 0 saturated carbocycles. The van der Waals surface area contributed by atoms with E-state index in [1.54, 1.807) is 0 Å². The molecule has 128 valence electrons. The zero-order chi connectivity index (χ0) is 17.5. The first-order valence-corrected chi connectivity index (χ1v) is 8.67. The highest BCUT2D eigenvalue weighted by atomic mass is 15.3. The summed E-state index contributed by atoms with van der Waals surface area (Å²) in [5.41, 5.74) is 5.21. The van der Waals surface area contributed by atoms with Crippen LogP contribution in [0.15, 0.2) is 52.3 Å². The molecule has 3 heteroatoms. The Morgan fingerprint density at radius 1 is 1.22 bits per heavy atom. The molecule has 23 heavy (non-hydrogen) atoms. The Balaban J connectivity index is 0.00000127. The molecule has 0 aromatic carbocycles. The average molecular weight is 316 g/mol. The van der Waals surface area contributed by atoms with Gasteiger partial charge in [0.05, 0.1) is 11.9 Å². The lowest BCUT2D eigenvalue weighted by atomic mass is 9.74. The lowest BCUT2D eigenvalue weighted by molar-refractivity contribution is -0.0146. The molecule has 2 heterocycles. The highest BCUT2D eigenvalue weighted by Crippen LogP contribution is 2.38. The van der Waals surface area contributed by atoms with E-state index >= 15 is 0 Å². The summed E-state index contributed by atoms with van der Waals surface area (Å²) >= 11 is 0. The second-order valence-electron chi connectivity index (χ2n) is 6.35. The molecule has 0 atom stereocenters. The van der Waals surface area contributed by atoms with Crippen LogP contribution in [0, 0.1) is 5.41 Å². The molecular weight excluding hydrogens is 282 g/mol.